The molecule has 32 heavy (non-hydrogen) atoms. The van der Waals surface area contributed by atoms with Crippen LogP contribution in [0.3, 0.4) is 0 Å². The van der Waals surface area contributed by atoms with Crippen LogP contribution < -0.4 is 21.3 Å². The zero-order valence-corrected chi connectivity index (χ0v) is 17.8. The lowest BCUT2D eigenvalue weighted by Crippen LogP contribution is -2.39. The van der Waals surface area contributed by atoms with Gasteiger partial charge in [-0.1, -0.05) is 29.7 Å². The number of halogens is 1. The minimum atomic E-state index is -0.488. The van der Waals surface area contributed by atoms with Crippen molar-refractivity contribution in [2.24, 2.45) is 0 Å². The van der Waals surface area contributed by atoms with Gasteiger partial charge in [-0.2, -0.15) is 0 Å². The Morgan fingerprint density at radius 3 is 2.62 bits per heavy atom. The number of fused-ring (bicyclic) bond motifs is 1. The first-order valence-electron chi connectivity index (χ1n) is 10.4. The van der Waals surface area contributed by atoms with Gasteiger partial charge in [-0.15, -0.1) is 0 Å². The number of para-hydroxylation sites is 1. The monoisotopic (exact) mass is 453 g/mol. The zero-order valence-electron chi connectivity index (χ0n) is 17.1. The van der Waals surface area contributed by atoms with E-state index in [1.54, 1.807) is 28.8 Å². The third kappa shape index (κ3) is 4.07. The normalized spacial score (nSPS) is 15.4. The van der Waals surface area contributed by atoms with Crippen LogP contribution in [0.4, 0.5) is 0 Å². The van der Waals surface area contributed by atoms with Crippen LogP contribution >= 0.6 is 11.6 Å². The second-order valence-electron chi connectivity index (χ2n) is 7.88. The molecule has 0 atom stereocenters. The highest BCUT2D eigenvalue weighted by atomic mass is 35.5. The highest BCUT2D eigenvalue weighted by molar-refractivity contribution is 6.32. The highest BCUT2D eigenvalue weighted by Gasteiger charge is 2.34. The number of aromatic amines is 1. The van der Waals surface area contributed by atoms with Crippen molar-refractivity contribution >= 4 is 28.7 Å². The first-order chi connectivity index (χ1) is 15.5. The molecule has 2 fully saturated rings. The average molecular weight is 454 g/mol. The molecule has 10 heteroatoms. The number of hydrogen-bond donors (Lipinski definition) is 2. The number of benzene rings is 1. The van der Waals surface area contributed by atoms with E-state index in [4.69, 9.17) is 16.3 Å². The lowest BCUT2D eigenvalue weighted by atomic mass is 10.3. The van der Waals surface area contributed by atoms with Crippen LogP contribution in [0.1, 0.15) is 43.6 Å². The van der Waals surface area contributed by atoms with Gasteiger partial charge in [-0.3, -0.25) is 24.0 Å². The van der Waals surface area contributed by atoms with Crippen molar-refractivity contribution in [1.29, 1.82) is 0 Å². The molecule has 0 amide bonds. The Morgan fingerprint density at radius 1 is 1.19 bits per heavy atom. The molecule has 0 saturated heterocycles. The van der Waals surface area contributed by atoms with Crippen molar-refractivity contribution in [3.05, 3.63) is 56.0 Å². The number of hydrogen-bond acceptors (Lipinski definition) is 6. The Bertz CT molecular complexity index is 1390. The Kier molecular flexibility index (Phi) is 5.33. The van der Waals surface area contributed by atoms with Gasteiger partial charge < -0.3 is 9.72 Å². The van der Waals surface area contributed by atoms with Crippen LogP contribution in [0.2, 0.25) is 5.02 Å². The largest absolute Gasteiger partial charge is 0.424 e. The van der Waals surface area contributed by atoms with Crippen LogP contribution in [-0.2, 0) is 4.79 Å². The molecule has 2 saturated carbocycles. The Balaban J connectivity index is 1.28. The molecule has 2 aromatic heterocycles. The van der Waals surface area contributed by atoms with Gasteiger partial charge in [-0.05, 0) is 43.7 Å². The van der Waals surface area contributed by atoms with Gasteiger partial charge in [0, 0.05) is 12.1 Å². The number of nitrogens with zero attached hydrogens (tertiary/aromatic N) is 3. The van der Waals surface area contributed by atoms with Crippen molar-refractivity contribution in [1.82, 2.24) is 24.4 Å². The lowest BCUT2D eigenvalue weighted by Gasteiger charge is -2.09. The first-order valence-corrected chi connectivity index (χ1v) is 10.8. The zero-order chi connectivity index (χ0) is 22.2. The number of carbonyl (C=O) groups excluding carboxylic acids is 1. The van der Waals surface area contributed by atoms with Crippen molar-refractivity contribution in [2.45, 2.75) is 37.8 Å². The SMILES string of the molecule is O=C(CNCC#Cc1nc2c([nH]1)c(=O)n(C1CC1)c(=O)n2C1CC1)Oc1ccccc1Cl. The number of carbonyl (C=O) groups is 1. The summed E-state index contributed by atoms with van der Waals surface area (Å²) >= 11 is 5.96. The minimum absolute atomic E-state index is 0.0167. The van der Waals surface area contributed by atoms with Crippen molar-refractivity contribution in [3.63, 3.8) is 0 Å². The number of ether oxygens (including phenoxy) is 1. The predicted octanol–water partition coefficient (Wildman–Crippen LogP) is 1.76. The first kappa shape index (κ1) is 20.5. The molecule has 9 nitrogen and oxygen atoms in total. The number of H-pyrrole nitrogens is 1. The Morgan fingerprint density at radius 2 is 1.91 bits per heavy atom. The van der Waals surface area contributed by atoms with E-state index in [1.165, 1.54) is 4.57 Å². The van der Waals surface area contributed by atoms with Gasteiger partial charge in [0.1, 0.15) is 5.75 Å². The smallest absolute Gasteiger partial charge is 0.333 e. The maximum absolute atomic E-state index is 12.9. The maximum Gasteiger partial charge on any atom is 0.333 e. The summed E-state index contributed by atoms with van der Waals surface area (Å²) in [5, 5.41) is 3.22. The third-order valence-electron chi connectivity index (χ3n) is 5.33. The molecule has 0 aliphatic heterocycles. The molecule has 2 aliphatic carbocycles. The summed E-state index contributed by atoms with van der Waals surface area (Å²) in [4.78, 5) is 45.0. The molecule has 0 unspecified atom stereocenters. The lowest BCUT2D eigenvalue weighted by molar-refractivity contribution is -0.133. The molecule has 0 bridgehead atoms. The van der Waals surface area contributed by atoms with Crippen LogP contribution in [-0.4, -0.2) is 38.2 Å². The van der Waals surface area contributed by atoms with E-state index >= 15 is 0 Å². The van der Waals surface area contributed by atoms with Crippen molar-refractivity contribution in [2.75, 3.05) is 13.1 Å². The quantitative estimate of drug-likeness (QED) is 0.254. The van der Waals surface area contributed by atoms with Gasteiger partial charge in [-0.25, -0.2) is 9.78 Å². The molecule has 2 N–H and O–H groups in total. The fraction of sp³-hybridized carbons (Fsp3) is 0.364. The molecule has 1 aromatic carbocycles. The summed E-state index contributed by atoms with van der Waals surface area (Å²) in [6, 6.07) is 6.79. The van der Waals surface area contributed by atoms with E-state index < -0.39 is 5.97 Å². The van der Waals surface area contributed by atoms with Gasteiger partial charge >= 0.3 is 11.7 Å². The topological polar surface area (TPSA) is 111 Å². The summed E-state index contributed by atoms with van der Waals surface area (Å²) in [5.41, 5.74) is 0.0477. The Hall–Kier alpha value is -3.35. The third-order valence-corrected chi connectivity index (χ3v) is 5.64. The summed E-state index contributed by atoms with van der Waals surface area (Å²) in [6.07, 6.45) is 3.49. The maximum atomic E-state index is 12.9. The van der Waals surface area contributed by atoms with Gasteiger partial charge in [0.05, 0.1) is 18.1 Å². The number of imidazole rings is 1. The van der Waals surface area contributed by atoms with Gasteiger partial charge in [0.15, 0.2) is 17.0 Å². The number of nitrogens with one attached hydrogen (secondary N) is 2. The standard InChI is InChI=1S/C22H20ClN5O4/c23-15-4-1-2-5-16(15)32-18(29)12-24-11-3-6-17-25-19-20(26-17)27(13-7-8-13)22(31)28(21(19)30)14-9-10-14/h1-2,4-5,13-14,24H,7-12H2,(H,25,26). The molecule has 0 radical (unpaired) electrons. The molecule has 2 heterocycles. The van der Waals surface area contributed by atoms with Gasteiger partial charge in [0.25, 0.3) is 5.56 Å². The molecule has 2 aliphatic rings. The number of esters is 1. The highest BCUT2D eigenvalue weighted by Crippen LogP contribution is 2.36. The fourth-order valence-electron chi connectivity index (χ4n) is 3.52. The average Bonchev–Trinajstić information content (AvgIpc) is 3.69. The van der Waals surface area contributed by atoms with Crippen molar-refractivity contribution in [3.8, 4) is 17.6 Å². The van der Waals surface area contributed by atoms with E-state index in [0.29, 0.717) is 27.8 Å². The van der Waals surface area contributed by atoms with Crippen LogP contribution in [0.25, 0.3) is 11.2 Å². The number of aromatic nitrogens is 4. The second-order valence-corrected chi connectivity index (χ2v) is 8.29. The van der Waals surface area contributed by atoms with Crippen LogP contribution in [0.5, 0.6) is 5.75 Å². The molecular formula is C22H20ClN5O4. The summed E-state index contributed by atoms with van der Waals surface area (Å²) in [6.45, 7) is 0.157. The molecule has 5 rings (SSSR count). The van der Waals surface area contributed by atoms with E-state index in [2.05, 4.69) is 27.1 Å². The van der Waals surface area contributed by atoms with Crippen LogP contribution in [0.15, 0.2) is 33.9 Å². The number of rotatable bonds is 6. The summed E-state index contributed by atoms with van der Waals surface area (Å²) < 4.78 is 8.16. The predicted molar refractivity (Wildman–Crippen MR) is 118 cm³/mol. The van der Waals surface area contributed by atoms with Gasteiger partial charge in [0.2, 0.25) is 0 Å². The molecule has 164 valence electrons. The van der Waals surface area contributed by atoms with E-state index in [1.807, 2.05) is 0 Å². The Labute approximate surface area is 187 Å². The summed E-state index contributed by atoms with van der Waals surface area (Å²) in [5.74, 6) is 5.82. The van der Waals surface area contributed by atoms with Crippen molar-refractivity contribution < 1.29 is 9.53 Å². The van der Waals surface area contributed by atoms with Crippen LogP contribution in [0, 0.1) is 11.8 Å². The molecular weight excluding hydrogens is 434 g/mol. The molecule has 0 spiro atoms. The minimum Gasteiger partial charge on any atom is -0.424 e. The molecule has 3 aromatic rings. The second kappa shape index (κ2) is 8.30. The van der Waals surface area contributed by atoms with E-state index in [0.717, 1.165) is 25.7 Å². The summed E-state index contributed by atoms with van der Waals surface area (Å²) in [7, 11) is 0. The fourth-order valence-corrected chi connectivity index (χ4v) is 3.69. The van der Waals surface area contributed by atoms with E-state index in [9.17, 15) is 14.4 Å². The van der Waals surface area contributed by atoms with E-state index in [-0.39, 0.29) is 36.4 Å².